The Morgan fingerprint density at radius 1 is 1.11 bits per heavy atom. The molecule has 0 saturated heterocycles. The lowest BCUT2D eigenvalue weighted by Crippen LogP contribution is -2.10. The lowest BCUT2D eigenvalue weighted by molar-refractivity contribution is 0.788. The van der Waals surface area contributed by atoms with E-state index in [4.69, 9.17) is 5.73 Å². The van der Waals surface area contributed by atoms with Crippen LogP contribution in [0.4, 0.5) is 5.95 Å². The molecule has 0 aliphatic carbocycles. The molecule has 5 heteroatoms. The molecule has 0 saturated carbocycles. The summed E-state index contributed by atoms with van der Waals surface area (Å²) in [7, 11) is 0. The fourth-order valence-electron chi connectivity index (χ4n) is 1.95. The fourth-order valence-corrected chi connectivity index (χ4v) is 1.95. The topological polar surface area (TPSA) is 69.1 Å². The van der Waals surface area contributed by atoms with Gasteiger partial charge in [-0.2, -0.15) is 14.6 Å². The molecule has 2 aromatic heterocycles. The number of aromatic nitrogens is 4. The van der Waals surface area contributed by atoms with Gasteiger partial charge in [0.25, 0.3) is 0 Å². The SMILES string of the molecule is C[C@@H](c1ccccc1)c1nc(N)n2nccc2n1. The van der Waals surface area contributed by atoms with Crippen molar-refractivity contribution in [2.45, 2.75) is 12.8 Å². The number of benzene rings is 1. The second kappa shape index (κ2) is 4.10. The molecule has 2 heterocycles. The Kier molecular flexibility index (Phi) is 2.44. The smallest absolute Gasteiger partial charge is 0.224 e. The Morgan fingerprint density at radius 2 is 1.89 bits per heavy atom. The van der Waals surface area contributed by atoms with Crippen LogP contribution in [0.3, 0.4) is 0 Å². The molecule has 0 unspecified atom stereocenters. The van der Waals surface area contributed by atoms with E-state index in [1.54, 1.807) is 6.20 Å². The van der Waals surface area contributed by atoms with Crippen LogP contribution in [0, 0.1) is 0 Å². The minimum absolute atomic E-state index is 0.105. The van der Waals surface area contributed by atoms with Gasteiger partial charge in [-0.25, -0.2) is 4.98 Å². The van der Waals surface area contributed by atoms with Gasteiger partial charge in [0, 0.05) is 12.0 Å². The van der Waals surface area contributed by atoms with E-state index in [1.807, 2.05) is 24.3 Å². The summed E-state index contributed by atoms with van der Waals surface area (Å²) in [6.07, 6.45) is 1.66. The monoisotopic (exact) mass is 239 g/mol. The molecular weight excluding hydrogens is 226 g/mol. The van der Waals surface area contributed by atoms with Gasteiger partial charge in [-0.05, 0) is 5.56 Å². The minimum Gasteiger partial charge on any atom is -0.368 e. The Labute approximate surface area is 104 Å². The van der Waals surface area contributed by atoms with Crippen molar-refractivity contribution in [2.24, 2.45) is 0 Å². The lowest BCUT2D eigenvalue weighted by atomic mass is 10.0. The number of nitrogens with zero attached hydrogens (tertiary/aromatic N) is 4. The summed E-state index contributed by atoms with van der Waals surface area (Å²) in [4.78, 5) is 8.80. The molecule has 0 radical (unpaired) electrons. The molecular formula is C13H13N5. The van der Waals surface area contributed by atoms with Crippen molar-refractivity contribution in [3.05, 3.63) is 54.0 Å². The Morgan fingerprint density at radius 3 is 2.67 bits per heavy atom. The van der Waals surface area contributed by atoms with E-state index in [9.17, 15) is 0 Å². The zero-order chi connectivity index (χ0) is 12.5. The fraction of sp³-hybridized carbons (Fsp3) is 0.154. The third-order valence-electron chi connectivity index (χ3n) is 2.98. The Hall–Kier alpha value is -2.43. The number of anilines is 1. The van der Waals surface area contributed by atoms with Gasteiger partial charge >= 0.3 is 0 Å². The molecule has 3 rings (SSSR count). The summed E-state index contributed by atoms with van der Waals surface area (Å²) in [5.41, 5.74) is 7.76. The molecule has 5 nitrogen and oxygen atoms in total. The number of hydrogen-bond acceptors (Lipinski definition) is 4. The van der Waals surface area contributed by atoms with E-state index in [1.165, 1.54) is 10.1 Å². The van der Waals surface area contributed by atoms with Crippen LogP contribution in [0.2, 0.25) is 0 Å². The van der Waals surface area contributed by atoms with Gasteiger partial charge in [-0.3, -0.25) is 0 Å². The van der Waals surface area contributed by atoms with Crippen LogP contribution in [0.1, 0.15) is 24.2 Å². The first-order chi connectivity index (χ1) is 8.75. The molecule has 0 spiro atoms. The third kappa shape index (κ3) is 1.69. The zero-order valence-electron chi connectivity index (χ0n) is 9.99. The molecule has 0 bridgehead atoms. The Bertz CT molecular complexity index is 674. The van der Waals surface area contributed by atoms with E-state index < -0.39 is 0 Å². The van der Waals surface area contributed by atoms with Crippen molar-refractivity contribution < 1.29 is 0 Å². The first-order valence-corrected chi connectivity index (χ1v) is 5.78. The zero-order valence-corrected chi connectivity index (χ0v) is 9.99. The average Bonchev–Trinajstić information content (AvgIpc) is 2.88. The van der Waals surface area contributed by atoms with Crippen LogP contribution in [0.5, 0.6) is 0 Å². The first-order valence-electron chi connectivity index (χ1n) is 5.78. The highest BCUT2D eigenvalue weighted by Gasteiger charge is 2.13. The molecule has 2 N–H and O–H groups in total. The van der Waals surface area contributed by atoms with E-state index in [-0.39, 0.29) is 5.92 Å². The summed E-state index contributed by atoms with van der Waals surface area (Å²) >= 11 is 0. The van der Waals surface area contributed by atoms with Crippen LogP contribution < -0.4 is 5.73 Å². The van der Waals surface area contributed by atoms with Crippen molar-refractivity contribution in [2.75, 3.05) is 5.73 Å². The van der Waals surface area contributed by atoms with Gasteiger partial charge in [-0.1, -0.05) is 37.3 Å². The standard InChI is InChI=1S/C13H13N5/c1-9(10-5-3-2-4-6-10)12-16-11-7-8-15-18(11)13(14)17-12/h2-9H,1H3,(H2,14,16,17)/t9-/m0/s1. The highest BCUT2D eigenvalue weighted by Crippen LogP contribution is 2.21. The van der Waals surface area contributed by atoms with Crippen molar-refractivity contribution in [1.82, 2.24) is 19.6 Å². The third-order valence-corrected chi connectivity index (χ3v) is 2.98. The summed E-state index contributed by atoms with van der Waals surface area (Å²) in [5.74, 6) is 1.18. The summed E-state index contributed by atoms with van der Waals surface area (Å²) in [5, 5.41) is 4.06. The van der Waals surface area contributed by atoms with Crippen LogP contribution >= 0.6 is 0 Å². The summed E-state index contributed by atoms with van der Waals surface area (Å²) in [6.45, 7) is 2.07. The quantitative estimate of drug-likeness (QED) is 0.741. The molecule has 90 valence electrons. The van der Waals surface area contributed by atoms with Gasteiger partial charge in [0.05, 0.1) is 6.20 Å². The van der Waals surface area contributed by atoms with Crippen LogP contribution in [-0.4, -0.2) is 19.6 Å². The second-order valence-corrected chi connectivity index (χ2v) is 4.17. The Balaban J connectivity index is 2.09. The van der Waals surface area contributed by atoms with E-state index >= 15 is 0 Å². The predicted octanol–water partition coefficient (Wildman–Crippen LogP) is 1.86. The summed E-state index contributed by atoms with van der Waals surface area (Å²) < 4.78 is 1.53. The summed E-state index contributed by atoms with van der Waals surface area (Å²) in [6, 6.07) is 11.9. The first kappa shape index (κ1) is 10.7. The van der Waals surface area contributed by atoms with Crippen LogP contribution in [-0.2, 0) is 0 Å². The average molecular weight is 239 g/mol. The molecule has 3 aromatic rings. The number of nitrogens with two attached hydrogens (primary N) is 1. The number of hydrogen-bond donors (Lipinski definition) is 1. The largest absolute Gasteiger partial charge is 0.368 e. The van der Waals surface area contributed by atoms with Gasteiger partial charge in [0.1, 0.15) is 5.82 Å². The molecule has 0 fully saturated rings. The van der Waals surface area contributed by atoms with E-state index in [2.05, 4.69) is 34.1 Å². The van der Waals surface area contributed by atoms with Gasteiger partial charge in [-0.15, -0.1) is 0 Å². The second-order valence-electron chi connectivity index (χ2n) is 4.17. The molecule has 1 atom stereocenters. The van der Waals surface area contributed by atoms with Crippen LogP contribution in [0.25, 0.3) is 5.65 Å². The van der Waals surface area contributed by atoms with Gasteiger partial charge in [0.2, 0.25) is 5.95 Å². The normalized spacial score (nSPS) is 12.7. The highest BCUT2D eigenvalue weighted by molar-refractivity contribution is 5.42. The van der Waals surface area contributed by atoms with Crippen LogP contribution in [0.15, 0.2) is 42.6 Å². The number of fused-ring (bicyclic) bond motifs is 1. The maximum absolute atomic E-state index is 5.87. The minimum atomic E-state index is 0.105. The van der Waals surface area contributed by atoms with Gasteiger partial charge < -0.3 is 5.73 Å². The molecule has 18 heavy (non-hydrogen) atoms. The maximum atomic E-state index is 5.87. The van der Waals surface area contributed by atoms with Crippen molar-refractivity contribution in [3.8, 4) is 0 Å². The number of nitrogen functional groups attached to an aromatic ring is 1. The van der Waals surface area contributed by atoms with E-state index in [0.717, 1.165) is 5.65 Å². The predicted molar refractivity (Wildman–Crippen MR) is 69.2 cm³/mol. The van der Waals surface area contributed by atoms with Crippen molar-refractivity contribution >= 4 is 11.6 Å². The molecule has 0 amide bonds. The highest BCUT2D eigenvalue weighted by atomic mass is 15.3. The van der Waals surface area contributed by atoms with Crippen molar-refractivity contribution in [3.63, 3.8) is 0 Å². The van der Waals surface area contributed by atoms with Crippen molar-refractivity contribution in [1.29, 1.82) is 0 Å². The number of rotatable bonds is 2. The van der Waals surface area contributed by atoms with E-state index in [0.29, 0.717) is 11.8 Å². The molecule has 1 aromatic carbocycles. The van der Waals surface area contributed by atoms with Gasteiger partial charge in [0.15, 0.2) is 5.65 Å². The molecule has 0 aliphatic heterocycles. The lowest BCUT2D eigenvalue weighted by Gasteiger charge is -2.11. The maximum Gasteiger partial charge on any atom is 0.224 e. The molecule has 0 aliphatic rings.